The zero-order valence-corrected chi connectivity index (χ0v) is 10.9. The highest BCUT2D eigenvalue weighted by Crippen LogP contribution is 2.29. The third kappa shape index (κ3) is 3.29. The number of anilines is 2. The van der Waals surface area contributed by atoms with Crippen LogP contribution in [-0.2, 0) is 10.0 Å². The standard InChI is InChI=1S/C11H13ClN2O2S/c1-3-7-17(15,16)14-10-6-5-9(12)11(13)8(10)4-2/h2,5-6,14H,3,7,13H2,1H3. The van der Waals surface area contributed by atoms with Crippen LogP contribution >= 0.6 is 11.6 Å². The van der Waals surface area contributed by atoms with Gasteiger partial charge in [0.25, 0.3) is 0 Å². The molecule has 0 spiro atoms. The van der Waals surface area contributed by atoms with Gasteiger partial charge in [-0.2, -0.15) is 0 Å². The number of hydrogen-bond donors (Lipinski definition) is 2. The SMILES string of the molecule is C#Cc1c(NS(=O)(=O)CCC)ccc(Cl)c1N. The Hall–Kier alpha value is -1.38. The lowest BCUT2D eigenvalue weighted by Gasteiger charge is -2.11. The molecule has 1 aromatic carbocycles. The Balaban J connectivity index is 3.18. The minimum Gasteiger partial charge on any atom is -0.396 e. The molecule has 0 heterocycles. The summed E-state index contributed by atoms with van der Waals surface area (Å²) in [6, 6.07) is 3.00. The molecule has 92 valence electrons. The largest absolute Gasteiger partial charge is 0.396 e. The fourth-order valence-corrected chi connectivity index (χ4v) is 2.62. The molecule has 0 aliphatic rings. The number of benzene rings is 1. The van der Waals surface area contributed by atoms with Gasteiger partial charge < -0.3 is 5.73 Å². The number of sulfonamides is 1. The van der Waals surface area contributed by atoms with Gasteiger partial charge in [-0.3, -0.25) is 4.72 Å². The van der Waals surface area contributed by atoms with E-state index in [0.717, 1.165) is 0 Å². The Kier molecular flexibility index (Phi) is 4.27. The maximum atomic E-state index is 11.6. The van der Waals surface area contributed by atoms with E-state index in [0.29, 0.717) is 11.4 Å². The second kappa shape index (κ2) is 5.30. The molecule has 17 heavy (non-hydrogen) atoms. The average Bonchev–Trinajstić information content (AvgIpc) is 2.23. The summed E-state index contributed by atoms with van der Waals surface area (Å²) in [4.78, 5) is 0. The van der Waals surface area contributed by atoms with Crippen molar-refractivity contribution >= 4 is 33.0 Å². The summed E-state index contributed by atoms with van der Waals surface area (Å²) < 4.78 is 25.6. The van der Waals surface area contributed by atoms with Crippen LogP contribution in [-0.4, -0.2) is 14.2 Å². The van der Waals surface area contributed by atoms with Crippen molar-refractivity contribution < 1.29 is 8.42 Å². The van der Waals surface area contributed by atoms with Crippen LogP contribution in [0.15, 0.2) is 12.1 Å². The molecule has 0 saturated heterocycles. The minimum absolute atomic E-state index is 0.0273. The lowest BCUT2D eigenvalue weighted by Crippen LogP contribution is -2.17. The van der Waals surface area contributed by atoms with E-state index in [1.54, 1.807) is 6.92 Å². The van der Waals surface area contributed by atoms with Crippen LogP contribution in [0.1, 0.15) is 18.9 Å². The molecule has 1 rings (SSSR count). The van der Waals surface area contributed by atoms with Gasteiger partial charge in [-0.1, -0.05) is 24.4 Å². The molecule has 0 atom stereocenters. The lowest BCUT2D eigenvalue weighted by atomic mass is 10.1. The first-order valence-corrected chi connectivity index (χ1v) is 6.99. The summed E-state index contributed by atoms with van der Waals surface area (Å²) in [5.41, 5.74) is 6.42. The first-order valence-electron chi connectivity index (χ1n) is 4.96. The zero-order valence-electron chi connectivity index (χ0n) is 9.33. The van der Waals surface area contributed by atoms with Crippen LogP contribution in [0.25, 0.3) is 0 Å². The maximum Gasteiger partial charge on any atom is 0.232 e. The summed E-state index contributed by atoms with van der Waals surface area (Å²) in [6.45, 7) is 1.78. The van der Waals surface area contributed by atoms with E-state index in [1.165, 1.54) is 12.1 Å². The molecular formula is C11H13ClN2O2S. The first kappa shape index (κ1) is 13.7. The van der Waals surface area contributed by atoms with Crippen molar-refractivity contribution in [2.24, 2.45) is 0 Å². The van der Waals surface area contributed by atoms with Gasteiger partial charge in [0.15, 0.2) is 0 Å². The summed E-state index contributed by atoms with van der Waals surface area (Å²) in [7, 11) is -3.39. The van der Waals surface area contributed by atoms with Gasteiger partial charge in [0.1, 0.15) is 0 Å². The van der Waals surface area contributed by atoms with Crippen LogP contribution in [0.3, 0.4) is 0 Å². The number of halogens is 1. The molecule has 1 aromatic rings. The predicted molar refractivity (Wildman–Crippen MR) is 71.5 cm³/mol. The van der Waals surface area contributed by atoms with E-state index in [2.05, 4.69) is 10.6 Å². The van der Waals surface area contributed by atoms with E-state index in [4.69, 9.17) is 23.8 Å². The number of nitrogen functional groups attached to an aromatic ring is 1. The van der Waals surface area contributed by atoms with Crippen molar-refractivity contribution in [3.8, 4) is 12.3 Å². The Morgan fingerprint density at radius 1 is 1.53 bits per heavy atom. The number of hydrogen-bond acceptors (Lipinski definition) is 3. The molecule has 3 N–H and O–H groups in total. The lowest BCUT2D eigenvalue weighted by molar-refractivity contribution is 0.600. The maximum absolute atomic E-state index is 11.6. The molecule has 0 aliphatic carbocycles. The first-order chi connectivity index (χ1) is 7.91. The molecule has 0 unspecified atom stereocenters. The fourth-order valence-electron chi connectivity index (χ4n) is 1.32. The normalized spacial score (nSPS) is 10.9. The van der Waals surface area contributed by atoms with Crippen molar-refractivity contribution in [2.45, 2.75) is 13.3 Å². The van der Waals surface area contributed by atoms with Gasteiger partial charge >= 0.3 is 0 Å². The average molecular weight is 273 g/mol. The smallest absolute Gasteiger partial charge is 0.232 e. The van der Waals surface area contributed by atoms with Gasteiger partial charge in [-0.05, 0) is 18.6 Å². The van der Waals surface area contributed by atoms with Crippen LogP contribution in [0.4, 0.5) is 11.4 Å². The highest BCUT2D eigenvalue weighted by atomic mass is 35.5. The van der Waals surface area contributed by atoms with Crippen LogP contribution in [0.5, 0.6) is 0 Å². The highest BCUT2D eigenvalue weighted by Gasteiger charge is 2.14. The van der Waals surface area contributed by atoms with Crippen LogP contribution < -0.4 is 10.5 Å². The van der Waals surface area contributed by atoms with E-state index in [-0.39, 0.29) is 22.7 Å². The molecule has 0 bridgehead atoms. The molecule has 0 amide bonds. The Labute approximate surface area is 106 Å². The third-order valence-corrected chi connectivity index (χ3v) is 3.88. The van der Waals surface area contributed by atoms with Gasteiger partial charge in [0.05, 0.1) is 27.7 Å². The van der Waals surface area contributed by atoms with Gasteiger partial charge in [-0.25, -0.2) is 8.42 Å². The van der Waals surface area contributed by atoms with E-state index in [9.17, 15) is 8.42 Å². The summed E-state index contributed by atoms with van der Waals surface area (Å²) in [5.74, 6) is 2.36. The minimum atomic E-state index is -3.39. The Morgan fingerprint density at radius 3 is 2.71 bits per heavy atom. The topological polar surface area (TPSA) is 72.2 Å². The van der Waals surface area contributed by atoms with Crippen molar-refractivity contribution in [1.29, 1.82) is 0 Å². The predicted octanol–water partition coefficient (Wildman–Crippen LogP) is 2.06. The van der Waals surface area contributed by atoms with Gasteiger partial charge in [-0.15, -0.1) is 6.42 Å². The van der Waals surface area contributed by atoms with Crippen LogP contribution in [0, 0.1) is 12.3 Å². The number of nitrogens with two attached hydrogens (primary N) is 1. The molecule has 0 radical (unpaired) electrons. The second-order valence-corrected chi connectivity index (χ2v) is 5.70. The summed E-state index contributed by atoms with van der Waals surface area (Å²) >= 11 is 5.80. The Bertz CT molecular complexity index is 562. The molecule has 6 heteroatoms. The molecule has 0 saturated carbocycles. The van der Waals surface area contributed by atoms with Crippen molar-refractivity contribution in [3.05, 3.63) is 22.7 Å². The van der Waals surface area contributed by atoms with E-state index in [1.807, 2.05) is 0 Å². The fraction of sp³-hybridized carbons (Fsp3) is 0.273. The van der Waals surface area contributed by atoms with E-state index >= 15 is 0 Å². The highest BCUT2D eigenvalue weighted by molar-refractivity contribution is 7.92. The summed E-state index contributed by atoms with van der Waals surface area (Å²) in [5, 5.41) is 0.302. The van der Waals surface area contributed by atoms with Crippen LogP contribution in [0.2, 0.25) is 5.02 Å². The third-order valence-electron chi connectivity index (χ3n) is 2.07. The van der Waals surface area contributed by atoms with Crippen molar-refractivity contribution in [1.82, 2.24) is 0 Å². The van der Waals surface area contributed by atoms with E-state index < -0.39 is 10.0 Å². The van der Waals surface area contributed by atoms with Crippen molar-refractivity contribution in [2.75, 3.05) is 16.2 Å². The van der Waals surface area contributed by atoms with Gasteiger partial charge in [0.2, 0.25) is 10.0 Å². The molecule has 0 aliphatic heterocycles. The molecule has 0 aromatic heterocycles. The monoisotopic (exact) mass is 272 g/mol. The molecule has 0 fully saturated rings. The Morgan fingerprint density at radius 2 is 2.18 bits per heavy atom. The molecule has 4 nitrogen and oxygen atoms in total. The zero-order chi connectivity index (χ0) is 13.1. The number of terminal acetylenes is 1. The quantitative estimate of drug-likeness (QED) is 0.651. The molecular weight excluding hydrogens is 260 g/mol. The second-order valence-electron chi connectivity index (χ2n) is 3.45. The van der Waals surface area contributed by atoms with Crippen molar-refractivity contribution in [3.63, 3.8) is 0 Å². The number of rotatable bonds is 4. The number of nitrogens with one attached hydrogen (secondary N) is 1. The summed E-state index contributed by atoms with van der Waals surface area (Å²) in [6.07, 6.45) is 5.81. The van der Waals surface area contributed by atoms with Gasteiger partial charge in [0, 0.05) is 0 Å².